The number of carbonyl (C=O) groups is 6. The zero-order chi connectivity index (χ0) is 51.1. The van der Waals surface area contributed by atoms with Crippen molar-refractivity contribution in [3.63, 3.8) is 0 Å². The van der Waals surface area contributed by atoms with Gasteiger partial charge in [0.15, 0.2) is 31.9 Å². The lowest BCUT2D eigenvalue weighted by Gasteiger charge is -2.68. The van der Waals surface area contributed by atoms with Gasteiger partial charge in [0, 0.05) is 31.2 Å². The number of Topliss-reactive ketones (excluding diaryl/α,β-unsaturated/α-hetero) is 1. The second-order valence-corrected chi connectivity index (χ2v) is 24.5. The fourth-order valence-corrected chi connectivity index (χ4v) is 14.4. The maximum atomic E-state index is 15.8. The molecule has 70 heavy (non-hydrogen) atoms. The van der Waals surface area contributed by atoms with Crippen molar-refractivity contribution in [2.45, 2.75) is 147 Å². The van der Waals surface area contributed by atoms with E-state index in [1.165, 1.54) is 19.1 Å². The second kappa shape index (κ2) is 19.9. The first-order valence-electron chi connectivity index (χ1n) is 23.9. The van der Waals surface area contributed by atoms with Gasteiger partial charge in [-0.25, -0.2) is 9.59 Å². The normalized spacial score (nSPS) is 30.9. The van der Waals surface area contributed by atoms with Crippen LogP contribution in [0.2, 0.25) is 18.1 Å². The molecule has 0 aromatic heterocycles. The molecule has 17 heteroatoms. The van der Waals surface area contributed by atoms with Gasteiger partial charge in [0.05, 0.1) is 35.6 Å². The summed E-state index contributed by atoms with van der Waals surface area (Å²) >= 11 is 0. The molecule has 1 saturated heterocycles. The summed E-state index contributed by atoms with van der Waals surface area (Å²) in [7, 11) is -2.77. The number of carbonyl (C=O) groups excluding carboxylic acids is 6. The largest absolute Gasteiger partial charge is 0.456 e. The van der Waals surface area contributed by atoms with E-state index in [-0.39, 0.29) is 16.7 Å². The molecule has 2 bridgehead atoms. The Bertz CT molecular complexity index is 2490. The van der Waals surface area contributed by atoms with Crippen molar-refractivity contribution in [3.05, 3.63) is 119 Å². The molecule has 376 valence electrons. The lowest BCUT2D eigenvalue weighted by molar-refractivity contribution is -0.369. The van der Waals surface area contributed by atoms with Gasteiger partial charge in [0.1, 0.15) is 30.0 Å². The van der Waals surface area contributed by atoms with Crippen molar-refractivity contribution in [1.29, 1.82) is 0 Å². The van der Waals surface area contributed by atoms with Crippen molar-refractivity contribution < 1.29 is 72.2 Å². The summed E-state index contributed by atoms with van der Waals surface area (Å²) in [4.78, 5) is 86.3. The monoisotopic (exact) mass is 983 g/mol. The van der Waals surface area contributed by atoms with Gasteiger partial charge in [-0.3, -0.25) is 19.2 Å². The number of amides is 1. The van der Waals surface area contributed by atoms with Crippen LogP contribution in [0.4, 0.5) is 0 Å². The predicted octanol–water partition coefficient (Wildman–Crippen LogP) is 5.74. The minimum Gasteiger partial charge on any atom is -0.456 e. The highest BCUT2D eigenvalue weighted by Crippen LogP contribution is 2.64. The van der Waals surface area contributed by atoms with Crippen LogP contribution in [0.15, 0.2) is 102 Å². The number of ketones is 1. The number of rotatable bonds is 15. The molecule has 3 aliphatic carbocycles. The Morgan fingerprint density at radius 2 is 1.36 bits per heavy atom. The summed E-state index contributed by atoms with van der Waals surface area (Å²) < 4.78 is 38.0. The Balaban J connectivity index is 1.45. The number of benzene rings is 3. The van der Waals surface area contributed by atoms with Crippen LogP contribution in [-0.2, 0) is 47.3 Å². The van der Waals surface area contributed by atoms with Crippen LogP contribution in [-0.4, -0.2) is 120 Å². The van der Waals surface area contributed by atoms with Crippen LogP contribution in [0, 0.1) is 16.7 Å². The summed E-state index contributed by atoms with van der Waals surface area (Å²) in [6, 6.07) is 25.9. The van der Waals surface area contributed by atoms with Gasteiger partial charge in [0.2, 0.25) is 0 Å². The average Bonchev–Trinajstić information content (AvgIpc) is 3.33. The van der Waals surface area contributed by atoms with Crippen molar-refractivity contribution in [2.75, 3.05) is 6.61 Å². The molecule has 4 aliphatic rings. The van der Waals surface area contributed by atoms with Gasteiger partial charge in [0.25, 0.3) is 5.91 Å². The van der Waals surface area contributed by atoms with E-state index >= 15 is 9.59 Å². The van der Waals surface area contributed by atoms with Gasteiger partial charge in [-0.05, 0) is 73.0 Å². The Hall–Kier alpha value is -5.56. The highest BCUT2D eigenvalue weighted by Gasteiger charge is 2.80. The average molecular weight is 984 g/mol. The van der Waals surface area contributed by atoms with Crippen molar-refractivity contribution in [3.8, 4) is 0 Å². The molecule has 7 rings (SSSR count). The molecule has 3 aromatic rings. The van der Waals surface area contributed by atoms with E-state index in [2.05, 4.69) is 5.32 Å². The number of hydrogen-bond donors (Lipinski definition) is 4. The fourth-order valence-electron chi connectivity index (χ4n) is 11.7. The minimum atomic E-state index is -2.77. The Labute approximate surface area is 409 Å². The Morgan fingerprint density at radius 1 is 0.800 bits per heavy atom. The molecule has 2 saturated carbocycles. The third-order valence-electron chi connectivity index (χ3n) is 15.8. The smallest absolute Gasteiger partial charge is 0.338 e. The van der Waals surface area contributed by atoms with Crippen LogP contribution in [0.3, 0.4) is 0 Å². The van der Waals surface area contributed by atoms with E-state index < -0.39 is 134 Å². The zero-order valence-electron chi connectivity index (χ0n) is 41.1. The summed E-state index contributed by atoms with van der Waals surface area (Å²) in [5.74, 6) is -6.88. The molecule has 16 nitrogen and oxygen atoms in total. The molecular weight excluding hydrogens is 919 g/mol. The van der Waals surface area contributed by atoms with Crippen LogP contribution in [0.1, 0.15) is 101 Å². The van der Waals surface area contributed by atoms with E-state index in [1.54, 1.807) is 99.6 Å². The van der Waals surface area contributed by atoms with E-state index in [1.807, 2.05) is 20.8 Å². The summed E-state index contributed by atoms with van der Waals surface area (Å²) in [6.07, 6.45) is -12.7. The number of hydrogen-bond acceptors (Lipinski definition) is 15. The van der Waals surface area contributed by atoms with E-state index in [9.17, 15) is 34.5 Å². The van der Waals surface area contributed by atoms with E-state index in [4.69, 9.17) is 28.1 Å². The Kier molecular flexibility index (Phi) is 14.9. The first-order valence-corrected chi connectivity index (χ1v) is 26.5. The lowest BCUT2D eigenvalue weighted by Crippen LogP contribution is -2.85. The quantitative estimate of drug-likeness (QED) is 0.0616. The van der Waals surface area contributed by atoms with Crippen molar-refractivity contribution >= 4 is 43.9 Å². The highest BCUT2D eigenvalue weighted by atomic mass is 28.4. The van der Waals surface area contributed by atoms with Crippen LogP contribution in [0.25, 0.3) is 0 Å². The molecule has 0 spiro atoms. The summed E-state index contributed by atoms with van der Waals surface area (Å²) in [5, 5.41) is 41.0. The van der Waals surface area contributed by atoms with Crippen LogP contribution >= 0.6 is 0 Å². The number of nitrogens with one attached hydrogen (secondary N) is 1. The van der Waals surface area contributed by atoms with Gasteiger partial charge in [-0.1, -0.05) is 101 Å². The standard InChI is InChI=1S/C53H65NO15Si/c1-10-70(11-2,12-3)69-41(38(33-22-16-13-17-23-33)54-47(60)34-24-18-14-19-25-34)49(62)66-36-28-53(63)46(67-48(61)35-26-20-15-21-27-35)42-51(9,43(58)39(57)45-52(42,29-64-45)68-32(6)56)44(59)40(65-31(5)55)37(30(36)4)50(53,7)8/h13-27,36,38-43,45-46,57-58,63H,10-12,28-29H2,1-9H3,(H,54,60)/t36-,38-,39-,40+,41+,42?,43+,45+,46-,51-,52+,53+/m0/s1. The minimum absolute atomic E-state index is 0.0243. The SMILES string of the molecule is CC[Si](CC)(CC)O[C@@H](C(=O)O[C@H]1C[C@@]2(O)[C@@H](OC(=O)c3ccccc3)C3[C@](C)(C(=O)[C@H](OC(C)=O)C(=C1C)C2(C)C)[C@H](O)[C@H](O)[C@H]1OC[C@@]31OC(C)=O)[C@@H](NC(=O)c1ccccc1)c1ccccc1. The summed E-state index contributed by atoms with van der Waals surface area (Å²) in [5.41, 5.74) is -7.46. The maximum Gasteiger partial charge on any atom is 0.338 e. The number of aliphatic hydroxyl groups is 3. The molecule has 4 N–H and O–H groups in total. The number of ether oxygens (including phenoxy) is 5. The molecular formula is C53H65NO15Si. The molecule has 1 unspecified atom stereocenters. The number of esters is 4. The lowest BCUT2D eigenvalue weighted by atomic mass is 9.44. The van der Waals surface area contributed by atoms with E-state index in [0.717, 1.165) is 13.8 Å². The van der Waals surface area contributed by atoms with Gasteiger partial charge in [-0.2, -0.15) is 0 Å². The first kappa shape index (κ1) is 52.3. The molecule has 0 radical (unpaired) electrons. The third kappa shape index (κ3) is 8.82. The number of aliphatic hydroxyl groups excluding tert-OH is 2. The molecule has 1 heterocycles. The number of fused-ring (bicyclic) bond motifs is 5. The highest BCUT2D eigenvalue weighted by molar-refractivity contribution is 6.73. The topological polar surface area (TPSA) is 231 Å². The van der Waals surface area contributed by atoms with Crippen molar-refractivity contribution in [1.82, 2.24) is 5.32 Å². The first-order chi connectivity index (χ1) is 33.1. The molecule has 12 atom stereocenters. The van der Waals surface area contributed by atoms with Crippen molar-refractivity contribution in [2.24, 2.45) is 16.7 Å². The zero-order valence-corrected chi connectivity index (χ0v) is 42.1. The fraction of sp³-hybridized carbons (Fsp3) is 0.509. The maximum absolute atomic E-state index is 15.8. The molecule has 1 amide bonds. The summed E-state index contributed by atoms with van der Waals surface area (Å²) in [6.45, 7) is 13.7. The molecule has 3 aromatic carbocycles. The van der Waals surface area contributed by atoms with Crippen LogP contribution in [0.5, 0.6) is 0 Å². The third-order valence-corrected chi connectivity index (χ3v) is 20.4. The van der Waals surface area contributed by atoms with E-state index in [0.29, 0.717) is 29.3 Å². The predicted molar refractivity (Wildman–Crippen MR) is 255 cm³/mol. The Morgan fingerprint density at radius 3 is 1.87 bits per heavy atom. The second-order valence-electron chi connectivity index (χ2n) is 19.8. The van der Waals surface area contributed by atoms with Gasteiger partial charge >= 0.3 is 23.9 Å². The van der Waals surface area contributed by atoms with Gasteiger partial charge < -0.3 is 48.7 Å². The molecule has 3 fully saturated rings. The van der Waals surface area contributed by atoms with Gasteiger partial charge in [-0.15, -0.1) is 0 Å². The molecule has 1 aliphatic heterocycles. The van der Waals surface area contributed by atoms with Crippen LogP contribution < -0.4 is 5.32 Å².